The van der Waals surface area contributed by atoms with E-state index in [1.165, 1.54) is 4.52 Å². The highest BCUT2D eigenvalue weighted by Crippen LogP contribution is 1.95. The molecule has 0 saturated carbocycles. The third-order valence-electron chi connectivity index (χ3n) is 2.26. The van der Waals surface area contributed by atoms with Crippen molar-refractivity contribution in [3.05, 3.63) is 45.5 Å². The van der Waals surface area contributed by atoms with Crippen LogP contribution in [-0.2, 0) is 6.54 Å². The summed E-state index contributed by atoms with van der Waals surface area (Å²) >= 11 is 0. The summed E-state index contributed by atoms with van der Waals surface area (Å²) in [5, 5.41) is 7.38. The van der Waals surface area contributed by atoms with E-state index < -0.39 is 0 Å². The van der Waals surface area contributed by atoms with Gasteiger partial charge in [0.15, 0.2) is 0 Å². The van der Waals surface area contributed by atoms with E-state index in [0.29, 0.717) is 25.0 Å². The monoisotopic (exact) mass is 218 g/mol. The summed E-state index contributed by atoms with van der Waals surface area (Å²) in [5.74, 6) is 0. The molecule has 0 atom stereocenters. The number of nitrogens with zero attached hydrogens (tertiary/aromatic N) is 6. The molecule has 0 amide bonds. The van der Waals surface area contributed by atoms with Gasteiger partial charge in [0.25, 0.3) is 5.56 Å². The Labute approximate surface area is 90.6 Å². The van der Waals surface area contributed by atoms with Crippen LogP contribution >= 0.6 is 0 Å². The number of aromatic nitrogens is 3. The minimum absolute atomic E-state index is 0.0825. The van der Waals surface area contributed by atoms with Gasteiger partial charge < -0.3 is 4.57 Å². The summed E-state index contributed by atoms with van der Waals surface area (Å²) in [6.45, 7) is 0.937. The Morgan fingerprint density at radius 1 is 1.50 bits per heavy atom. The Hall–Kier alpha value is -2.27. The van der Waals surface area contributed by atoms with Crippen LogP contribution < -0.4 is 5.56 Å². The first kappa shape index (κ1) is 10.3. The predicted octanol–water partition coefficient (Wildman–Crippen LogP) is 1.20. The van der Waals surface area contributed by atoms with Crippen molar-refractivity contribution in [3.63, 3.8) is 0 Å². The number of azide groups is 1. The van der Waals surface area contributed by atoms with Crippen molar-refractivity contribution in [2.45, 2.75) is 13.0 Å². The lowest BCUT2D eigenvalue weighted by Gasteiger charge is -2.03. The maximum Gasteiger partial charge on any atom is 0.276 e. The summed E-state index contributed by atoms with van der Waals surface area (Å²) in [7, 11) is 0. The van der Waals surface area contributed by atoms with Crippen molar-refractivity contribution >= 4 is 5.52 Å². The Morgan fingerprint density at radius 2 is 2.38 bits per heavy atom. The first-order chi connectivity index (χ1) is 7.83. The molecule has 7 nitrogen and oxygen atoms in total. The quantitative estimate of drug-likeness (QED) is 0.334. The smallest absolute Gasteiger partial charge is 0.276 e. The highest BCUT2D eigenvalue weighted by Gasteiger charge is 2.01. The van der Waals surface area contributed by atoms with Crippen molar-refractivity contribution < 1.29 is 0 Å². The molecule has 0 aliphatic rings. The Morgan fingerprint density at radius 3 is 3.19 bits per heavy atom. The first-order valence-electron chi connectivity index (χ1n) is 4.86. The summed E-state index contributed by atoms with van der Waals surface area (Å²) < 4.78 is 3.12. The lowest BCUT2D eigenvalue weighted by Crippen LogP contribution is -2.21. The Bertz CT molecular complexity index is 591. The average Bonchev–Trinajstić information content (AvgIpc) is 2.76. The normalized spacial score (nSPS) is 10.2. The second kappa shape index (κ2) is 4.50. The highest BCUT2D eigenvalue weighted by molar-refractivity contribution is 5.42. The van der Waals surface area contributed by atoms with Gasteiger partial charge in [-0.25, -0.2) is 4.52 Å². The van der Waals surface area contributed by atoms with Gasteiger partial charge in [-0.1, -0.05) is 5.11 Å². The number of aryl methyl sites for hydroxylation is 1. The minimum Gasteiger partial charge on any atom is -0.312 e. The van der Waals surface area contributed by atoms with Gasteiger partial charge in [0.05, 0.1) is 6.20 Å². The number of rotatable bonds is 4. The van der Waals surface area contributed by atoms with Crippen LogP contribution in [0, 0.1) is 0 Å². The van der Waals surface area contributed by atoms with Crippen LogP contribution in [0.4, 0.5) is 0 Å². The molecule has 0 N–H and O–H groups in total. The van der Waals surface area contributed by atoms with Gasteiger partial charge in [0.1, 0.15) is 5.52 Å². The summed E-state index contributed by atoms with van der Waals surface area (Å²) in [4.78, 5) is 14.5. The predicted molar refractivity (Wildman–Crippen MR) is 58.1 cm³/mol. The molecule has 0 saturated heterocycles. The Kier molecular flexibility index (Phi) is 2.88. The van der Waals surface area contributed by atoms with Crippen LogP contribution in [0.3, 0.4) is 0 Å². The molecule has 82 valence electrons. The van der Waals surface area contributed by atoms with Gasteiger partial charge in [0.2, 0.25) is 0 Å². The van der Waals surface area contributed by atoms with Crippen molar-refractivity contribution in [3.8, 4) is 0 Å². The molecule has 0 radical (unpaired) electrons. The molecular formula is C9H10N6O. The first-order valence-corrected chi connectivity index (χ1v) is 4.86. The fourth-order valence-electron chi connectivity index (χ4n) is 1.49. The number of fused-ring (bicyclic) bond motifs is 1. The van der Waals surface area contributed by atoms with E-state index in [1.54, 1.807) is 29.2 Å². The van der Waals surface area contributed by atoms with Crippen molar-refractivity contribution in [2.75, 3.05) is 6.54 Å². The molecule has 0 fully saturated rings. The van der Waals surface area contributed by atoms with Crippen molar-refractivity contribution in [1.82, 2.24) is 14.2 Å². The zero-order chi connectivity index (χ0) is 11.4. The third-order valence-corrected chi connectivity index (χ3v) is 2.26. The van der Waals surface area contributed by atoms with Gasteiger partial charge in [-0.05, 0) is 18.0 Å². The Balaban J connectivity index is 2.21. The maximum atomic E-state index is 11.9. The van der Waals surface area contributed by atoms with Crippen LogP contribution in [0.1, 0.15) is 6.42 Å². The average molecular weight is 218 g/mol. The topological polar surface area (TPSA) is 88.1 Å². The van der Waals surface area contributed by atoms with Crippen LogP contribution in [0.15, 0.2) is 34.6 Å². The van der Waals surface area contributed by atoms with E-state index in [1.807, 2.05) is 0 Å². The van der Waals surface area contributed by atoms with Crippen molar-refractivity contribution in [2.24, 2.45) is 5.11 Å². The maximum absolute atomic E-state index is 11.9. The summed E-state index contributed by atoms with van der Waals surface area (Å²) in [6.07, 6.45) is 5.64. The van der Waals surface area contributed by atoms with E-state index in [2.05, 4.69) is 15.1 Å². The van der Waals surface area contributed by atoms with Gasteiger partial charge in [-0.15, -0.1) is 0 Å². The molecular weight excluding hydrogens is 208 g/mol. The van der Waals surface area contributed by atoms with Crippen molar-refractivity contribution in [1.29, 1.82) is 0 Å². The lowest BCUT2D eigenvalue weighted by molar-refractivity contribution is 0.624. The van der Waals surface area contributed by atoms with E-state index in [9.17, 15) is 4.79 Å². The van der Waals surface area contributed by atoms with Crippen LogP contribution in [-0.4, -0.2) is 20.7 Å². The SMILES string of the molecule is [N-]=[N+]=NCCCn1ccn2nccc2c1=O. The third kappa shape index (κ3) is 1.89. The van der Waals surface area contributed by atoms with Gasteiger partial charge in [-0.2, -0.15) is 5.10 Å². The van der Waals surface area contributed by atoms with Crippen LogP contribution in [0.5, 0.6) is 0 Å². The zero-order valence-electron chi connectivity index (χ0n) is 8.52. The fraction of sp³-hybridized carbons (Fsp3) is 0.333. The molecule has 0 aliphatic carbocycles. The zero-order valence-corrected chi connectivity index (χ0v) is 8.52. The minimum atomic E-state index is -0.0825. The molecule has 2 aromatic heterocycles. The van der Waals surface area contributed by atoms with Gasteiger partial charge >= 0.3 is 0 Å². The largest absolute Gasteiger partial charge is 0.312 e. The lowest BCUT2D eigenvalue weighted by atomic mass is 10.4. The van der Waals surface area contributed by atoms with E-state index >= 15 is 0 Å². The van der Waals surface area contributed by atoms with E-state index in [4.69, 9.17) is 5.53 Å². The van der Waals surface area contributed by atoms with Gasteiger partial charge in [0, 0.05) is 30.4 Å². The number of hydrogen-bond donors (Lipinski definition) is 0. The van der Waals surface area contributed by atoms with Crippen LogP contribution in [0.2, 0.25) is 0 Å². The molecule has 0 spiro atoms. The molecule has 2 rings (SSSR count). The fourth-order valence-corrected chi connectivity index (χ4v) is 1.49. The molecule has 0 unspecified atom stereocenters. The van der Waals surface area contributed by atoms with Gasteiger partial charge in [-0.3, -0.25) is 4.79 Å². The summed E-state index contributed by atoms with van der Waals surface area (Å²) in [6, 6.07) is 1.67. The summed E-state index contributed by atoms with van der Waals surface area (Å²) in [5.41, 5.74) is 8.57. The standard InChI is InChI=1S/C9H10N6O/c10-13-11-3-1-5-14-6-7-15-8(9(14)16)2-4-12-15/h2,4,6-7H,1,3,5H2. The molecule has 7 heteroatoms. The molecule has 2 aromatic rings. The van der Waals surface area contributed by atoms with E-state index in [-0.39, 0.29) is 5.56 Å². The second-order valence-corrected chi connectivity index (χ2v) is 3.27. The molecule has 0 bridgehead atoms. The molecule has 0 aromatic carbocycles. The molecule has 16 heavy (non-hydrogen) atoms. The second-order valence-electron chi connectivity index (χ2n) is 3.27. The molecule has 0 aliphatic heterocycles. The highest BCUT2D eigenvalue weighted by atomic mass is 16.1. The van der Waals surface area contributed by atoms with E-state index in [0.717, 1.165) is 0 Å². The number of hydrogen-bond acceptors (Lipinski definition) is 3. The van der Waals surface area contributed by atoms with Crippen LogP contribution in [0.25, 0.3) is 16.0 Å². The molecule has 2 heterocycles.